The van der Waals surface area contributed by atoms with E-state index in [1.54, 1.807) is 19.3 Å². The molecule has 3 fully saturated rings. The number of amides is 1. The fourth-order valence-electron chi connectivity index (χ4n) is 6.98. The summed E-state index contributed by atoms with van der Waals surface area (Å²) in [5.41, 5.74) is 2.78. The number of nitrogens with one attached hydrogen (secondary N) is 2. The molecular weight excluding hydrogens is 539 g/mol. The number of nitrogens with zero attached hydrogens (tertiary/aromatic N) is 6. The van der Waals surface area contributed by atoms with Gasteiger partial charge in [0, 0.05) is 30.2 Å². The summed E-state index contributed by atoms with van der Waals surface area (Å²) >= 11 is 0. The zero-order chi connectivity index (χ0) is 28.8. The summed E-state index contributed by atoms with van der Waals surface area (Å²) < 4.78 is 27.9. The quantitative estimate of drug-likeness (QED) is 0.332. The Morgan fingerprint density at radius 1 is 1.17 bits per heavy atom. The molecule has 0 spiro atoms. The average Bonchev–Trinajstić information content (AvgIpc) is 3.76. The summed E-state index contributed by atoms with van der Waals surface area (Å²) in [6, 6.07) is 3.91. The number of halogens is 1. The highest BCUT2D eigenvalue weighted by Gasteiger charge is 2.45. The molecule has 1 unspecified atom stereocenters. The normalized spacial score (nSPS) is 20.0. The molecule has 11 nitrogen and oxygen atoms in total. The van der Waals surface area contributed by atoms with Crippen LogP contribution in [0.25, 0.3) is 33.1 Å². The van der Waals surface area contributed by atoms with Gasteiger partial charge in [0.2, 0.25) is 0 Å². The highest BCUT2D eigenvalue weighted by atomic mass is 19.1. The second kappa shape index (κ2) is 10.6. The molecule has 6 heterocycles. The van der Waals surface area contributed by atoms with Crippen molar-refractivity contribution in [3.63, 3.8) is 0 Å². The summed E-state index contributed by atoms with van der Waals surface area (Å²) in [4.78, 5) is 30.6. The van der Waals surface area contributed by atoms with E-state index >= 15 is 4.39 Å². The summed E-state index contributed by atoms with van der Waals surface area (Å²) in [5.74, 6) is 0.0158. The van der Waals surface area contributed by atoms with E-state index < -0.39 is 11.9 Å². The summed E-state index contributed by atoms with van der Waals surface area (Å²) in [6.45, 7) is 7.79. The van der Waals surface area contributed by atoms with Crippen molar-refractivity contribution in [1.82, 2.24) is 35.4 Å². The molecule has 0 radical (unpaired) electrons. The Morgan fingerprint density at radius 3 is 2.81 bits per heavy atom. The number of benzene rings is 1. The van der Waals surface area contributed by atoms with Gasteiger partial charge in [0.15, 0.2) is 5.82 Å². The van der Waals surface area contributed by atoms with Gasteiger partial charge in [0.05, 0.1) is 35.3 Å². The van der Waals surface area contributed by atoms with E-state index in [4.69, 9.17) is 14.5 Å². The van der Waals surface area contributed by atoms with Crippen molar-refractivity contribution < 1.29 is 18.7 Å². The molecule has 3 aliphatic rings. The van der Waals surface area contributed by atoms with E-state index in [0.29, 0.717) is 49.5 Å². The highest BCUT2D eigenvalue weighted by Crippen LogP contribution is 2.40. The fraction of sp³-hybridized carbons (Fsp3) is 0.500. The molecule has 0 aliphatic carbocycles. The van der Waals surface area contributed by atoms with Crippen molar-refractivity contribution in [1.29, 1.82) is 0 Å². The predicted molar refractivity (Wildman–Crippen MR) is 156 cm³/mol. The number of H-pyrrole nitrogens is 1. The number of anilines is 1. The van der Waals surface area contributed by atoms with Gasteiger partial charge in [-0.1, -0.05) is 0 Å². The largest absolute Gasteiger partial charge is 0.461 e. The number of carbonyl (C=O) groups excluding carboxylic acids is 1. The number of aromatic amines is 1. The minimum atomic E-state index is -0.531. The van der Waals surface area contributed by atoms with Gasteiger partial charge in [0.1, 0.15) is 23.6 Å². The molecule has 3 aliphatic heterocycles. The Kier molecular flexibility index (Phi) is 6.80. The van der Waals surface area contributed by atoms with Crippen LogP contribution in [0.1, 0.15) is 44.6 Å². The number of aromatic nitrogens is 5. The Hall–Kier alpha value is -4.06. The number of aryl methyl sites for hydroxylation is 1. The van der Waals surface area contributed by atoms with Gasteiger partial charge in [-0.2, -0.15) is 15.1 Å². The van der Waals surface area contributed by atoms with Crippen LogP contribution in [0, 0.1) is 12.7 Å². The van der Waals surface area contributed by atoms with Gasteiger partial charge in [-0.15, -0.1) is 0 Å². The monoisotopic (exact) mass is 574 g/mol. The maximum Gasteiger partial charge on any atom is 0.407 e. The second-order valence-corrected chi connectivity index (χ2v) is 11.7. The fourth-order valence-corrected chi connectivity index (χ4v) is 6.98. The molecule has 0 bridgehead atoms. The highest BCUT2D eigenvalue weighted by molar-refractivity contribution is 5.98. The van der Waals surface area contributed by atoms with Crippen molar-refractivity contribution in [2.45, 2.75) is 57.5 Å². The maximum atomic E-state index is 16.5. The molecule has 3 saturated heterocycles. The third-order valence-corrected chi connectivity index (χ3v) is 8.97. The lowest BCUT2D eigenvalue weighted by Crippen LogP contribution is -2.43. The topological polar surface area (TPSA) is 121 Å². The first-order valence-corrected chi connectivity index (χ1v) is 14.8. The van der Waals surface area contributed by atoms with Crippen molar-refractivity contribution in [3.05, 3.63) is 35.9 Å². The molecular formula is C30H35FN8O3. The minimum absolute atomic E-state index is 0.00280. The van der Waals surface area contributed by atoms with E-state index in [9.17, 15) is 4.79 Å². The lowest BCUT2D eigenvalue weighted by molar-refractivity contribution is 0.108. The summed E-state index contributed by atoms with van der Waals surface area (Å²) in [7, 11) is 0. The summed E-state index contributed by atoms with van der Waals surface area (Å²) in [6.07, 6.45) is 8.05. The molecule has 1 aromatic carbocycles. The van der Waals surface area contributed by atoms with E-state index in [1.165, 1.54) is 0 Å². The maximum absolute atomic E-state index is 16.5. The molecule has 2 N–H and O–H groups in total. The van der Waals surface area contributed by atoms with Gasteiger partial charge in [-0.3, -0.25) is 15.0 Å². The molecule has 220 valence electrons. The number of hydrogen-bond acceptors (Lipinski definition) is 9. The standard InChI is InChI=1S/C30H35FN8O3/c1-3-41-29(40)34-19-6-11-38(16-19)27-22-14-32-25(20-12-18(2)13-23-21(20)15-33-37-23)24(31)26(22)35-28(36-27)42-17-30-7-4-9-39(30)10-5-8-30/h12-15,19H,3-11,16-17H2,1-2H3,(H,33,37)(H,34,40). The number of rotatable bonds is 7. The Bertz CT molecular complexity index is 1650. The van der Waals surface area contributed by atoms with Crippen LogP contribution >= 0.6 is 0 Å². The molecule has 12 heteroatoms. The van der Waals surface area contributed by atoms with Crippen molar-refractivity contribution in [2.24, 2.45) is 0 Å². The van der Waals surface area contributed by atoms with Crippen LogP contribution in [0.3, 0.4) is 0 Å². The SMILES string of the molecule is CCOC(=O)NC1CCN(c2nc(OCC34CCCN3CCC4)nc3c(F)c(-c4cc(C)cc5[nH]ncc45)ncc23)C1. The van der Waals surface area contributed by atoms with E-state index in [0.717, 1.165) is 55.2 Å². The number of hydrogen-bond donors (Lipinski definition) is 2. The van der Waals surface area contributed by atoms with Gasteiger partial charge in [-0.05, 0) is 76.7 Å². The van der Waals surface area contributed by atoms with Gasteiger partial charge >= 0.3 is 12.1 Å². The minimum Gasteiger partial charge on any atom is -0.461 e. The first kappa shape index (κ1) is 26.8. The predicted octanol–water partition coefficient (Wildman–Crippen LogP) is 4.35. The van der Waals surface area contributed by atoms with Crippen molar-refractivity contribution in [2.75, 3.05) is 44.3 Å². The zero-order valence-corrected chi connectivity index (χ0v) is 24.0. The van der Waals surface area contributed by atoms with Crippen LogP contribution in [0.4, 0.5) is 15.0 Å². The number of alkyl carbamates (subject to hydrolysis) is 1. The van der Waals surface area contributed by atoms with Crippen LogP contribution in [0.5, 0.6) is 6.01 Å². The summed E-state index contributed by atoms with van der Waals surface area (Å²) in [5, 5.41) is 11.3. The first-order valence-electron chi connectivity index (χ1n) is 14.8. The zero-order valence-electron chi connectivity index (χ0n) is 24.0. The molecule has 4 aromatic rings. The first-order chi connectivity index (χ1) is 20.4. The van der Waals surface area contributed by atoms with Crippen LogP contribution in [0.15, 0.2) is 24.5 Å². The van der Waals surface area contributed by atoms with Crippen molar-refractivity contribution in [3.8, 4) is 17.3 Å². The van der Waals surface area contributed by atoms with Gasteiger partial charge < -0.3 is 19.7 Å². The van der Waals surface area contributed by atoms with Gasteiger partial charge in [0.25, 0.3) is 0 Å². The molecule has 1 amide bonds. The van der Waals surface area contributed by atoms with Crippen LogP contribution < -0.4 is 15.0 Å². The smallest absolute Gasteiger partial charge is 0.407 e. The third kappa shape index (κ3) is 4.67. The van der Waals surface area contributed by atoms with E-state index in [-0.39, 0.29) is 28.8 Å². The molecule has 3 aromatic heterocycles. The lowest BCUT2D eigenvalue weighted by Gasteiger charge is -2.31. The third-order valence-electron chi connectivity index (χ3n) is 8.97. The average molecular weight is 575 g/mol. The number of carbonyl (C=O) groups is 1. The molecule has 42 heavy (non-hydrogen) atoms. The number of fused-ring (bicyclic) bond motifs is 3. The Balaban J connectivity index is 1.28. The lowest BCUT2D eigenvalue weighted by atomic mass is 9.95. The van der Waals surface area contributed by atoms with Crippen LogP contribution in [-0.2, 0) is 4.74 Å². The Labute approximate surface area is 242 Å². The van der Waals surface area contributed by atoms with E-state index in [1.807, 2.05) is 24.0 Å². The Morgan fingerprint density at radius 2 is 2.00 bits per heavy atom. The molecule has 1 atom stereocenters. The van der Waals surface area contributed by atoms with E-state index in [2.05, 4.69) is 30.4 Å². The van der Waals surface area contributed by atoms with Gasteiger partial charge in [-0.25, -0.2) is 9.18 Å². The molecule has 0 saturated carbocycles. The number of ether oxygens (including phenoxy) is 2. The number of pyridine rings is 1. The second-order valence-electron chi connectivity index (χ2n) is 11.7. The van der Waals surface area contributed by atoms with Crippen molar-refractivity contribution >= 4 is 33.7 Å². The molecule has 7 rings (SSSR count). The van der Waals surface area contributed by atoms with Crippen LogP contribution in [-0.4, -0.2) is 87.1 Å². The van der Waals surface area contributed by atoms with Crippen LogP contribution in [0.2, 0.25) is 0 Å².